The van der Waals surface area contributed by atoms with E-state index in [0.29, 0.717) is 17.3 Å². The van der Waals surface area contributed by atoms with E-state index >= 15 is 0 Å². The summed E-state index contributed by atoms with van der Waals surface area (Å²) in [6.07, 6.45) is 1.56. The van der Waals surface area contributed by atoms with Crippen LogP contribution < -0.4 is 15.5 Å². The van der Waals surface area contributed by atoms with Gasteiger partial charge in [0.05, 0.1) is 17.8 Å². The lowest BCUT2D eigenvalue weighted by Gasteiger charge is -2.34. The van der Waals surface area contributed by atoms with Crippen molar-refractivity contribution in [1.82, 2.24) is 20.1 Å². The fourth-order valence-electron chi connectivity index (χ4n) is 3.14. The molecule has 8 heteroatoms. The molecule has 29 heavy (non-hydrogen) atoms. The molecule has 1 fully saturated rings. The van der Waals surface area contributed by atoms with Gasteiger partial charge in [0.15, 0.2) is 5.82 Å². The number of anilines is 5. The molecule has 146 valence electrons. The van der Waals surface area contributed by atoms with Crippen molar-refractivity contribution in [3.63, 3.8) is 0 Å². The Hall–Kier alpha value is -3.70. The summed E-state index contributed by atoms with van der Waals surface area (Å²) in [6, 6.07) is 17.5. The number of nitrogens with one attached hydrogen (secondary N) is 2. The molecule has 4 rings (SSSR count). The number of nitrogens with zero attached hydrogens (tertiary/aromatic N) is 6. The number of piperazine rings is 1. The van der Waals surface area contributed by atoms with Gasteiger partial charge in [-0.15, -0.1) is 5.10 Å². The molecule has 0 amide bonds. The summed E-state index contributed by atoms with van der Waals surface area (Å²) in [6.45, 7) is 4.25. The molecule has 1 aliphatic rings. The van der Waals surface area contributed by atoms with Gasteiger partial charge >= 0.3 is 0 Å². The first kappa shape index (κ1) is 18.7. The lowest BCUT2D eigenvalue weighted by Crippen LogP contribution is -2.44. The van der Waals surface area contributed by atoms with Crippen LogP contribution in [0.3, 0.4) is 0 Å². The second-order valence-electron chi connectivity index (χ2n) is 6.94. The third kappa shape index (κ3) is 4.78. The van der Waals surface area contributed by atoms with Crippen molar-refractivity contribution in [3.05, 3.63) is 60.3 Å². The smallest absolute Gasteiger partial charge is 0.249 e. The van der Waals surface area contributed by atoms with Crippen molar-refractivity contribution >= 4 is 28.8 Å². The molecule has 0 bridgehead atoms. The maximum atomic E-state index is 8.88. The van der Waals surface area contributed by atoms with Crippen molar-refractivity contribution in [1.29, 1.82) is 5.26 Å². The number of aromatic nitrogens is 3. The maximum Gasteiger partial charge on any atom is 0.249 e. The van der Waals surface area contributed by atoms with Gasteiger partial charge in [-0.25, -0.2) is 0 Å². The highest BCUT2D eigenvalue weighted by Gasteiger charge is 2.14. The van der Waals surface area contributed by atoms with Crippen molar-refractivity contribution in [3.8, 4) is 6.07 Å². The van der Waals surface area contributed by atoms with E-state index in [-0.39, 0.29) is 0 Å². The molecule has 0 aliphatic carbocycles. The zero-order chi connectivity index (χ0) is 20.1. The number of rotatable bonds is 5. The van der Waals surface area contributed by atoms with Gasteiger partial charge in [-0.3, -0.25) is 0 Å². The number of hydrogen-bond donors (Lipinski definition) is 2. The van der Waals surface area contributed by atoms with Gasteiger partial charge in [0.1, 0.15) is 0 Å². The van der Waals surface area contributed by atoms with E-state index in [9.17, 15) is 0 Å². The van der Waals surface area contributed by atoms with Crippen LogP contribution in [0, 0.1) is 11.3 Å². The first-order valence-corrected chi connectivity index (χ1v) is 9.47. The van der Waals surface area contributed by atoms with Crippen molar-refractivity contribution < 1.29 is 0 Å². The van der Waals surface area contributed by atoms with E-state index in [1.54, 1.807) is 18.3 Å². The Balaban J connectivity index is 1.40. The number of likely N-dealkylation sites (N-methyl/N-ethyl adjacent to an activating group) is 1. The van der Waals surface area contributed by atoms with Gasteiger partial charge in [-0.05, 0) is 55.6 Å². The van der Waals surface area contributed by atoms with Crippen molar-refractivity contribution in [2.45, 2.75) is 0 Å². The normalized spacial score (nSPS) is 14.3. The number of nitriles is 1. The summed E-state index contributed by atoms with van der Waals surface area (Å²) in [5.74, 6) is 0.984. The molecule has 2 aromatic carbocycles. The highest BCUT2D eigenvalue weighted by Crippen LogP contribution is 2.21. The minimum absolute atomic E-state index is 0.413. The van der Waals surface area contributed by atoms with Crippen LogP contribution in [0.4, 0.5) is 28.8 Å². The zero-order valence-electron chi connectivity index (χ0n) is 16.2. The number of hydrogen-bond acceptors (Lipinski definition) is 8. The van der Waals surface area contributed by atoms with Gasteiger partial charge in [0.25, 0.3) is 0 Å². The SMILES string of the molecule is CN1CCN(c2ccc(Nc3nncc(Nc4ccc(C#N)cc4)n3)cc2)CC1. The molecule has 0 unspecified atom stereocenters. The van der Waals surface area contributed by atoms with Crippen molar-refractivity contribution in [2.75, 3.05) is 48.8 Å². The number of benzene rings is 2. The van der Waals surface area contributed by atoms with E-state index in [2.05, 4.69) is 60.9 Å². The van der Waals surface area contributed by atoms with Crippen LogP contribution >= 0.6 is 0 Å². The Morgan fingerprint density at radius 2 is 1.55 bits per heavy atom. The molecule has 2 N–H and O–H groups in total. The van der Waals surface area contributed by atoms with E-state index in [4.69, 9.17) is 5.26 Å². The average molecular weight is 386 g/mol. The molecular weight excluding hydrogens is 364 g/mol. The van der Waals surface area contributed by atoms with Crippen LogP contribution in [0.5, 0.6) is 0 Å². The molecule has 0 atom stereocenters. The third-order valence-electron chi connectivity index (χ3n) is 4.84. The Morgan fingerprint density at radius 3 is 2.24 bits per heavy atom. The molecule has 8 nitrogen and oxygen atoms in total. The van der Waals surface area contributed by atoms with Crippen molar-refractivity contribution in [2.24, 2.45) is 0 Å². The fraction of sp³-hybridized carbons (Fsp3) is 0.238. The summed E-state index contributed by atoms with van der Waals surface area (Å²) in [4.78, 5) is 9.19. The topological polar surface area (TPSA) is 93.0 Å². The first-order valence-electron chi connectivity index (χ1n) is 9.47. The third-order valence-corrected chi connectivity index (χ3v) is 4.84. The van der Waals surface area contributed by atoms with E-state index < -0.39 is 0 Å². The standard InChI is InChI=1S/C21H22N8/c1-28-10-12-29(13-11-28)19-8-6-18(7-9-19)25-21-26-20(15-23-27-21)24-17-4-2-16(14-22)3-5-17/h2-9,15H,10-13H2,1H3,(H2,24,25,26,27). The van der Waals surface area contributed by atoms with E-state index in [1.165, 1.54) is 5.69 Å². The lowest BCUT2D eigenvalue weighted by atomic mass is 10.2. The van der Waals surface area contributed by atoms with Crippen LogP contribution in [-0.4, -0.2) is 53.3 Å². The highest BCUT2D eigenvalue weighted by molar-refractivity contribution is 5.61. The second-order valence-corrected chi connectivity index (χ2v) is 6.94. The molecule has 0 spiro atoms. The van der Waals surface area contributed by atoms with Gasteiger partial charge in [0, 0.05) is 43.2 Å². The van der Waals surface area contributed by atoms with Crippen LogP contribution in [0.2, 0.25) is 0 Å². The highest BCUT2D eigenvalue weighted by atomic mass is 15.3. The predicted molar refractivity (Wildman–Crippen MR) is 114 cm³/mol. The Kier molecular flexibility index (Phi) is 5.49. The van der Waals surface area contributed by atoms with Crippen LogP contribution in [-0.2, 0) is 0 Å². The van der Waals surface area contributed by atoms with Crippen LogP contribution in [0.25, 0.3) is 0 Å². The molecular formula is C21H22N8. The fourth-order valence-corrected chi connectivity index (χ4v) is 3.14. The molecule has 0 radical (unpaired) electrons. The predicted octanol–water partition coefficient (Wildman–Crippen LogP) is 2.98. The molecule has 3 aromatic rings. The summed E-state index contributed by atoms with van der Waals surface area (Å²) < 4.78 is 0. The van der Waals surface area contributed by atoms with Crippen LogP contribution in [0.15, 0.2) is 54.7 Å². The van der Waals surface area contributed by atoms with E-state index in [0.717, 1.165) is 37.6 Å². The van der Waals surface area contributed by atoms with Gasteiger partial charge in [-0.2, -0.15) is 15.3 Å². The quantitative estimate of drug-likeness (QED) is 0.691. The minimum Gasteiger partial charge on any atom is -0.369 e. The molecule has 2 heterocycles. The summed E-state index contributed by atoms with van der Waals surface area (Å²) in [5, 5.41) is 23.3. The van der Waals surface area contributed by atoms with Crippen LogP contribution in [0.1, 0.15) is 5.56 Å². The molecule has 1 saturated heterocycles. The minimum atomic E-state index is 0.413. The van der Waals surface area contributed by atoms with Gasteiger partial charge in [-0.1, -0.05) is 0 Å². The largest absolute Gasteiger partial charge is 0.369 e. The molecule has 0 saturated carbocycles. The first-order chi connectivity index (χ1) is 14.2. The summed E-state index contributed by atoms with van der Waals surface area (Å²) in [5.41, 5.74) is 3.56. The zero-order valence-corrected chi connectivity index (χ0v) is 16.2. The molecule has 1 aromatic heterocycles. The summed E-state index contributed by atoms with van der Waals surface area (Å²) in [7, 11) is 2.16. The van der Waals surface area contributed by atoms with Gasteiger partial charge in [0.2, 0.25) is 5.95 Å². The van der Waals surface area contributed by atoms with E-state index in [1.807, 2.05) is 24.3 Å². The second kappa shape index (κ2) is 8.54. The van der Waals surface area contributed by atoms with Gasteiger partial charge < -0.3 is 20.4 Å². The Bertz CT molecular complexity index is 986. The Morgan fingerprint density at radius 1 is 0.897 bits per heavy atom. The molecule has 1 aliphatic heterocycles. The monoisotopic (exact) mass is 386 g/mol. The lowest BCUT2D eigenvalue weighted by molar-refractivity contribution is 0.313. The maximum absolute atomic E-state index is 8.88. The Labute approximate surface area is 169 Å². The summed E-state index contributed by atoms with van der Waals surface area (Å²) >= 11 is 0. The average Bonchev–Trinajstić information content (AvgIpc) is 2.76.